The lowest BCUT2D eigenvalue weighted by Crippen LogP contribution is -2.30. The van der Waals surface area contributed by atoms with E-state index in [2.05, 4.69) is 4.72 Å². The molecule has 4 nitrogen and oxygen atoms in total. The van der Waals surface area contributed by atoms with E-state index in [1.54, 1.807) is 12.1 Å². The second-order valence-corrected chi connectivity index (χ2v) is 8.15. The topological polar surface area (TPSA) is 63.2 Å². The molecule has 0 saturated heterocycles. The maximum atomic E-state index is 12.8. The largest absolute Gasteiger partial charge is 0.295 e. The summed E-state index contributed by atoms with van der Waals surface area (Å²) >= 11 is 0. The average Bonchev–Trinajstić information content (AvgIpc) is 3.38. The van der Waals surface area contributed by atoms with Crippen LogP contribution in [0.2, 0.25) is 0 Å². The van der Waals surface area contributed by atoms with Crippen molar-refractivity contribution < 1.29 is 13.2 Å². The minimum atomic E-state index is -3.68. The summed E-state index contributed by atoms with van der Waals surface area (Å²) in [6, 6.07) is 13.9. The monoisotopic (exact) mass is 343 g/mol. The second-order valence-electron chi connectivity index (χ2n) is 6.43. The Hall–Kier alpha value is -1.98. The van der Waals surface area contributed by atoms with Gasteiger partial charge in [-0.05, 0) is 50.3 Å². The second kappa shape index (κ2) is 6.49. The van der Waals surface area contributed by atoms with E-state index in [4.69, 9.17) is 0 Å². The first-order chi connectivity index (χ1) is 11.4. The molecule has 0 radical (unpaired) electrons. The normalized spacial score (nSPS) is 15.9. The van der Waals surface area contributed by atoms with E-state index in [0.717, 1.165) is 24.0 Å². The zero-order chi connectivity index (χ0) is 17.3. The van der Waals surface area contributed by atoms with Crippen molar-refractivity contribution in [3.8, 4) is 0 Å². The number of rotatable bonds is 6. The van der Waals surface area contributed by atoms with E-state index < -0.39 is 10.0 Å². The molecule has 0 aliphatic heterocycles. The molecule has 0 spiro atoms. The van der Waals surface area contributed by atoms with Gasteiger partial charge in [0.2, 0.25) is 10.0 Å². The fourth-order valence-corrected chi connectivity index (χ4v) is 4.10. The van der Waals surface area contributed by atoms with E-state index in [-0.39, 0.29) is 16.7 Å². The molecule has 2 aromatic rings. The van der Waals surface area contributed by atoms with Crippen LogP contribution in [0.4, 0.5) is 0 Å². The van der Waals surface area contributed by atoms with E-state index in [0.29, 0.717) is 11.5 Å². The first kappa shape index (κ1) is 16.9. The van der Waals surface area contributed by atoms with E-state index in [9.17, 15) is 13.2 Å². The number of Topliss-reactive ketones (excluding diaryl/α,β-unsaturated/α-hetero) is 1. The predicted octanol–water partition coefficient (Wildman–Crippen LogP) is 3.63. The van der Waals surface area contributed by atoms with Crippen molar-refractivity contribution in [3.63, 3.8) is 0 Å². The lowest BCUT2D eigenvalue weighted by Gasteiger charge is -2.19. The van der Waals surface area contributed by atoms with Crippen molar-refractivity contribution >= 4 is 15.8 Å². The molecule has 1 fully saturated rings. The quantitative estimate of drug-likeness (QED) is 0.815. The summed E-state index contributed by atoms with van der Waals surface area (Å²) in [7, 11) is -3.68. The van der Waals surface area contributed by atoms with Crippen molar-refractivity contribution in [2.45, 2.75) is 37.6 Å². The van der Waals surface area contributed by atoms with Gasteiger partial charge in [0, 0.05) is 11.6 Å². The average molecular weight is 343 g/mol. The molecule has 5 heteroatoms. The number of carbonyl (C=O) groups excluding carboxylic acids is 1. The van der Waals surface area contributed by atoms with Crippen molar-refractivity contribution in [1.82, 2.24) is 4.72 Å². The van der Waals surface area contributed by atoms with Gasteiger partial charge in [-0.1, -0.05) is 42.0 Å². The van der Waals surface area contributed by atoms with E-state index in [1.165, 1.54) is 19.1 Å². The highest BCUT2D eigenvalue weighted by molar-refractivity contribution is 7.89. The number of hydrogen-bond donors (Lipinski definition) is 1. The summed E-state index contributed by atoms with van der Waals surface area (Å²) in [5.74, 6) is 0.183. The molecule has 0 bridgehead atoms. The maximum Gasteiger partial charge on any atom is 0.241 e. The Morgan fingerprint density at radius 3 is 2.38 bits per heavy atom. The van der Waals surface area contributed by atoms with Gasteiger partial charge in [0.1, 0.15) is 0 Å². The van der Waals surface area contributed by atoms with Crippen molar-refractivity contribution in [3.05, 3.63) is 65.2 Å². The third-order valence-corrected chi connectivity index (χ3v) is 5.80. The van der Waals surface area contributed by atoms with Crippen molar-refractivity contribution in [2.75, 3.05) is 0 Å². The summed E-state index contributed by atoms with van der Waals surface area (Å²) in [6.07, 6.45) is 2.04. The number of sulfonamides is 1. The van der Waals surface area contributed by atoms with Crippen LogP contribution in [-0.4, -0.2) is 14.2 Å². The molecule has 0 amide bonds. The number of hydrogen-bond acceptors (Lipinski definition) is 3. The highest BCUT2D eigenvalue weighted by Crippen LogP contribution is 2.41. The van der Waals surface area contributed by atoms with Crippen LogP contribution in [0.15, 0.2) is 53.4 Å². The molecule has 2 aromatic carbocycles. The zero-order valence-corrected chi connectivity index (χ0v) is 14.6. The third-order valence-electron chi connectivity index (χ3n) is 4.36. The Labute approximate surface area is 143 Å². The van der Waals surface area contributed by atoms with Crippen LogP contribution in [0.25, 0.3) is 0 Å². The zero-order valence-electron chi connectivity index (χ0n) is 13.8. The summed E-state index contributed by atoms with van der Waals surface area (Å²) in [5.41, 5.74) is 2.52. The highest BCUT2D eigenvalue weighted by atomic mass is 32.2. The Morgan fingerprint density at radius 2 is 1.79 bits per heavy atom. The lowest BCUT2D eigenvalue weighted by atomic mass is 10.0. The minimum absolute atomic E-state index is 0.132. The van der Waals surface area contributed by atoms with Gasteiger partial charge < -0.3 is 0 Å². The first-order valence-corrected chi connectivity index (χ1v) is 9.55. The van der Waals surface area contributed by atoms with Gasteiger partial charge >= 0.3 is 0 Å². The molecule has 1 unspecified atom stereocenters. The van der Waals surface area contributed by atoms with Crippen molar-refractivity contribution in [2.24, 2.45) is 5.92 Å². The maximum absolute atomic E-state index is 12.8. The fraction of sp³-hybridized carbons (Fsp3) is 0.316. The van der Waals surface area contributed by atoms with Crippen LogP contribution in [0.5, 0.6) is 0 Å². The molecule has 1 aliphatic rings. The molecule has 1 aliphatic carbocycles. The molecular weight excluding hydrogens is 322 g/mol. The van der Waals surface area contributed by atoms with Gasteiger partial charge in [-0.2, -0.15) is 0 Å². The Bertz CT molecular complexity index is 852. The lowest BCUT2D eigenvalue weighted by molar-refractivity contribution is 0.101. The van der Waals surface area contributed by atoms with Crippen LogP contribution in [-0.2, 0) is 10.0 Å². The van der Waals surface area contributed by atoms with Gasteiger partial charge in [-0.3, -0.25) is 4.79 Å². The predicted molar refractivity (Wildman–Crippen MR) is 93.4 cm³/mol. The summed E-state index contributed by atoms with van der Waals surface area (Å²) in [6.45, 7) is 3.44. The molecule has 3 rings (SSSR count). The van der Waals surface area contributed by atoms with Gasteiger partial charge in [0.15, 0.2) is 5.78 Å². The van der Waals surface area contributed by atoms with Crippen LogP contribution in [0.1, 0.15) is 47.3 Å². The molecule has 1 saturated carbocycles. The van der Waals surface area contributed by atoms with E-state index in [1.807, 2.05) is 31.2 Å². The SMILES string of the molecule is CC(=O)c1cccc(S(=O)(=O)NC(c2ccc(C)cc2)C2CC2)c1. The van der Waals surface area contributed by atoms with Crippen LogP contribution >= 0.6 is 0 Å². The number of benzene rings is 2. The molecule has 1 atom stereocenters. The molecule has 1 N–H and O–H groups in total. The fourth-order valence-electron chi connectivity index (χ4n) is 2.76. The summed E-state index contributed by atoms with van der Waals surface area (Å²) in [5, 5.41) is 0. The first-order valence-electron chi connectivity index (χ1n) is 8.07. The van der Waals surface area contributed by atoms with Gasteiger partial charge in [-0.15, -0.1) is 0 Å². The van der Waals surface area contributed by atoms with Crippen LogP contribution < -0.4 is 4.72 Å². The number of nitrogens with one attached hydrogen (secondary N) is 1. The summed E-state index contributed by atoms with van der Waals surface area (Å²) < 4.78 is 28.4. The van der Waals surface area contributed by atoms with Crippen molar-refractivity contribution in [1.29, 1.82) is 0 Å². The third kappa shape index (κ3) is 3.74. The Balaban J connectivity index is 1.90. The minimum Gasteiger partial charge on any atom is -0.295 e. The molecule has 0 heterocycles. The van der Waals surface area contributed by atoms with Gasteiger partial charge in [0.05, 0.1) is 4.90 Å². The smallest absolute Gasteiger partial charge is 0.241 e. The van der Waals surface area contributed by atoms with Crippen LogP contribution in [0.3, 0.4) is 0 Å². The molecule has 24 heavy (non-hydrogen) atoms. The van der Waals surface area contributed by atoms with Crippen LogP contribution in [0, 0.1) is 12.8 Å². The molecule has 126 valence electrons. The number of aryl methyl sites for hydroxylation is 1. The molecule has 0 aromatic heterocycles. The Kier molecular flexibility index (Phi) is 4.56. The highest BCUT2D eigenvalue weighted by Gasteiger charge is 2.35. The Morgan fingerprint density at radius 1 is 1.12 bits per heavy atom. The number of ketones is 1. The van der Waals surface area contributed by atoms with Gasteiger partial charge in [-0.25, -0.2) is 13.1 Å². The standard InChI is InChI=1S/C19H21NO3S/c1-13-6-8-15(9-7-13)19(16-10-11-16)20-24(22,23)18-5-3-4-17(12-18)14(2)21/h3-9,12,16,19-20H,10-11H2,1-2H3. The van der Waals surface area contributed by atoms with E-state index >= 15 is 0 Å². The number of carbonyl (C=O) groups is 1. The molecular formula is C19H21NO3S. The van der Waals surface area contributed by atoms with Gasteiger partial charge in [0.25, 0.3) is 0 Å². The summed E-state index contributed by atoms with van der Waals surface area (Å²) in [4.78, 5) is 11.6.